The van der Waals surface area contributed by atoms with E-state index in [1.54, 1.807) is 0 Å². The van der Waals surface area contributed by atoms with Crippen molar-refractivity contribution in [2.75, 3.05) is 11.5 Å². The van der Waals surface area contributed by atoms with E-state index in [4.69, 9.17) is 26.3 Å². The fraction of sp³-hybridized carbons (Fsp3) is 0.0714. The number of halogens is 1. The molecule has 0 aliphatic carbocycles. The second kappa shape index (κ2) is 5.40. The number of hydrogen-bond acceptors (Lipinski definition) is 5. The minimum Gasteiger partial charge on any atom is -0.454 e. The van der Waals surface area contributed by atoms with Gasteiger partial charge in [0.25, 0.3) is 10.0 Å². The lowest BCUT2D eigenvalue weighted by molar-refractivity contribution is 0.174. The number of ether oxygens (including phenoxy) is 2. The van der Waals surface area contributed by atoms with Gasteiger partial charge in [-0.25, -0.2) is 8.42 Å². The second-order valence-electron chi connectivity index (χ2n) is 4.43. The Morgan fingerprint density at radius 2 is 1.91 bits per heavy atom. The first-order valence-corrected chi connectivity index (χ1v) is 7.98. The van der Waals surface area contributed by atoms with E-state index in [1.165, 1.54) is 36.4 Å². The van der Waals surface area contributed by atoms with E-state index >= 15 is 0 Å². The van der Waals surface area contributed by atoms with Crippen molar-refractivity contribution < 1.29 is 17.9 Å². The molecule has 8 heteroatoms. The van der Waals surface area contributed by atoms with Gasteiger partial charge in [0.2, 0.25) is 6.79 Å². The Labute approximate surface area is 131 Å². The number of sulfonamides is 1. The number of benzene rings is 2. The van der Waals surface area contributed by atoms with Crippen molar-refractivity contribution in [1.29, 1.82) is 5.26 Å². The third-order valence-corrected chi connectivity index (χ3v) is 4.69. The maximum atomic E-state index is 12.4. The predicted molar refractivity (Wildman–Crippen MR) is 79.5 cm³/mol. The topological polar surface area (TPSA) is 88.4 Å². The summed E-state index contributed by atoms with van der Waals surface area (Å²) in [5, 5.41) is 9.07. The molecule has 0 atom stereocenters. The molecule has 1 N–H and O–H groups in total. The maximum Gasteiger partial charge on any atom is 0.262 e. The van der Waals surface area contributed by atoms with Gasteiger partial charge >= 0.3 is 0 Å². The summed E-state index contributed by atoms with van der Waals surface area (Å²) in [6.07, 6.45) is 0. The molecule has 1 heterocycles. The van der Waals surface area contributed by atoms with Crippen LogP contribution in [0, 0.1) is 11.3 Å². The van der Waals surface area contributed by atoms with Crippen LogP contribution < -0.4 is 14.2 Å². The number of nitrogens with zero attached hydrogens (tertiary/aromatic N) is 1. The largest absolute Gasteiger partial charge is 0.454 e. The second-order valence-corrected chi connectivity index (χ2v) is 6.52. The molecular weight excluding hydrogens is 328 g/mol. The first-order valence-electron chi connectivity index (χ1n) is 6.12. The number of fused-ring (bicyclic) bond motifs is 1. The summed E-state index contributed by atoms with van der Waals surface area (Å²) in [4.78, 5) is 0.00942. The smallest absolute Gasteiger partial charge is 0.262 e. The molecule has 0 aromatic heterocycles. The van der Waals surface area contributed by atoms with Gasteiger partial charge in [0.1, 0.15) is 0 Å². The molecule has 0 unspecified atom stereocenters. The molecule has 1 aliphatic heterocycles. The van der Waals surface area contributed by atoms with Crippen LogP contribution in [0.15, 0.2) is 41.3 Å². The minimum atomic E-state index is -3.86. The van der Waals surface area contributed by atoms with E-state index in [9.17, 15) is 8.42 Å². The van der Waals surface area contributed by atoms with Crippen LogP contribution in [0.3, 0.4) is 0 Å². The van der Waals surface area contributed by atoms with Gasteiger partial charge in [-0.15, -0.1) is 0 Å². The first-order chi connectivity index (χ1) is 10.5. The predicted octanol–water partition coefficient (Wildman–Crippen LogP) is 2.74. The van der Waals surface area contributed by atoms with Crippen molar-refractivity contribution in [3.63, 3.8) is 0 Å². The average molecular weight is 337 g/mol. The molecule has 22 heavy (non-hydrogen) atoms. The zero-order chi connectivity index (χ0) is 15.7. The zero-order valence-corrected chi connectivity index (χ0v) is 12.6. The molecule has 0 amide bonds. The molecule has 0 fully saturated rings. The van der Waals surface area contributed by atoms with E-state index in [0.717, 1.165) is 0 Å². The number of hydrogen-bond donors (Lipinski definition) is 1. The van der Waals surface area contributed by atoms with Crippen LogP contribution in [0.5, 0.6) is 11.5 Å². The maximum absolute atomic E-state index is 12.4. The Hall–Kier alpha value is -2.43. The number of nitriles is 1. The Morgan fingerprint density at radius 3 is 2.68 bits per heavy atom. The SMILES string of the molecule is N#Cc1ccc(Cl)c(NS(=O)(=O)c2ccc3c(c2)OCO3)c1. The van der Waals surface area contributed by atoms with Gasteiger partial charge in [0.05, 0.1) is 27.2 Å². The Bertz CT molecular complexity index is 890. The summed E-state index contributed by atoms with van der Waals surface area (Å²) in [6, 6.07) is 10.5. The van der Waals surface area contributed by atoms with Crippen molar-refractivity contribution in [3.8, 4) is 17.6 Å². The van der Waals surface area contributed by atoms with Crippen molar-refractivity contribution in [2.24, 2.45) is 0 Å². The first kappa shape index (κ1) is 14.5. The van der Waals surface area contributed by atoms with Gasteiger partial charge in [0, 0.05) is 6.07 Å². The van der Waals surface area contributed by atoms with E-state index in [2.05, 4.69) is 4.72 Å². The molecule has 2 aromatic carbocycles. The molecule has 0 bridgehead atoms. The average Bonchev–Trinajstić information content (AvgIpc) is 2.96. The summed E-state index contributed by atoms with van der Waals surface area (Å²) in [5.41, 5.74) is 0.436. The monoisotopic (exact) mass is 336 g/mol. The summed E-state index contributed by atoms with van der Waals surface area (Å²) < 4.78 is 37.5. The van der Waals surface area contributed by atoms with E-state index in [0.29, 0.717) is 17.1 Å². The normalized spacial score (nSPS) is 12.7. The summed E-state index contributed by atoms with van der Waals surface area (Å²) in [7, 11) is -3.86. The standard InChI is InChI=1S/C14H9ClN2O4S/c15-11-3-1-9(7-16)5-12(11)17-22(18,19)10-2-4-13-14(6-10)21-8-20-13/h1-6,17H,8H2. The van der Waals surface area contributed by atoms with Crippen molar-refractivity contribution in [1.82, 2.24) is 0 Å². The number of anilines is 1. The molecule has 0 saturated heterocycles. The van der Waals surface area contributed by atoms with E-state index in [-0.39, 0.29) is 22.4 Å². The lowest BCUT2D eigenvalue weighted by Gasteiger charge is -2.10. The van der Waals surface area contributed by atoms with Gasteiger partial charge in [0.15, 0.2) is 11.5 Å². The van der Waals surface area contributed by atoms with Crippen LogP contribution in [0.4, 0.5) is 5.69 Å². The highest BCUT2D eigenvalue weighted by Crippen LogP contribution is 2.34. The van der Waals surface area contributed by atoms with Crippen LogP contribution in [-0.2, 0) is 10.0 Å². The van der Waals surface area contributed by atoms with Gasteiger partial charge in [-0.05, 0) is 30.3 Å². The lowest BCUT2D eigenvalue weighted by Crippen LogP contribution is -2.13. The molecule has 112 valence electrons. The third kappa shape index (κ3) is 2.66. The van der Waals surface area contributed by atoms with Crippen LogP contribution in [-0.4, -0.2) is 15.2 Å². The number of nitrogens with one attached hydrogen (secondary N) is 1. The summed E-state index contributed by atoms with van der Waals surface area (Å²) in [5.74, 6) is 0.850. The van der Waals surface area contributed by atoms with Crippen molar-refractivity contribution in [3.05, 3.63) is 47.0 Å². The van der Waals surface area contributed by atoms with E-state index < -0.39 is 10.0 Å². The molecule has 6 nitrogen and oxygen atoms in total. The minimum absolute atomic E-state index is 0.00942. The molecule has 3 rings (SSSR count). The summed E-state index contributed by atoms with van der Waals surface area (Å²) in [6.45, 7) is 0.0578. The van der Waals surface area contributed by atoms with Crippen LogP contribution in [0.2, 0.25) is 5.02 Å². The lowest BCUT2D eigenvalue weighted by atomic mass is 10.2. The van der Waals surface area contributed by atoms with Crippen molar-refractivity contribution in [2.45, 2.75) is 4.90 Å². The zero-order valence-electron chi connectivity index (χ0n) is 11.0. The molecular formula is C14H9ClN2O4S. The Balaban J connectivity index is 1.96. The highest BCUT2D eigenvalue weighted by Gasteiger charge is 2.21. The Kier molecular flexibility index (Phi) is 3.56. The van der Waals surface area contributed by atoms with Crippen LogP contribution >= 0.6 is 11.6 Å². The molecule has 1 aliphatic rings. The van der Waals surface area contributed by atoms with Crippen LogP contribution in [0.25, 0.3) is 0 Å². The highest BCUT2D eigenvalue weighted by atomic mass is 35.5. The van der Waals surface area contributed by atoms with Crippen molar-refractivity contribution >= 4 is 27.3 Å². The summed E-state index contributed by atoms with van der Waals surface area (Å²) >= 11 is 5.96. The molecule has 0 saturated carbocycles. The molecule has 2 aromatic rings. The third-order valence-electron chi connectivity index (χ3n) is 2.99. The fourth-order valence-electron chi connectivity index (χ4n) is 1.92. The molecule has 0 spiro atoms. The quantitative estimate of drug-likeness (QED) is 0.931. The number of rotatable bonds is 3. The van der Waals surface area contributed by atoms with E-state index in [1.807, 2.05) is 6.07 Å². The van der Waals surface area contributed by atoms with Gasteiger partial charge in [-0.3, -0.25) is 4.72 Å². The Morgan fingerprint density at radius 1 is 1.14 bits per heavy atom. The van der Waals surface area contributed by atoms with Gasteiger partial charge < -0.3 is 9.47 Å². The van der Waals surface area contributed by atoms with Crippen LogP contribution in [0.1, 0.15) is 5.56 Å². The van der Waals surface area contributed by atoms with Gasteiger partial charge in [-0.2, -0.15) is 5.26 Å². The fourth-order valence-corrected chi connectivity index (χ4v) is 3.23. The molecule has 0 radical (unpaired) electrons. The highest BCUT2D eigenvalue weighted by molar-refractivity contribution is 7.92. The van der Waals surface area contributed by atoms with Gasteiger partial charge in [-0.1, -0.05) is 11.6 Å².